The molecule has 36 heavy (non-hydrogen) atoms. The zero-order chi connectivity index (χ0) is 26.4. The molecule has 186 valence electrons. The minimum Gasteiger partial charge on any atom is -0.326 e. The normalized spacial score (nSPS) is 17.9. The first kappa shape index (κ1) is 26.3. The highest BCUT2D eigenvalue weighted by atomic mass is 35.5. The number of nitrogens with one attached hydrogen (secondary N) is 1. The summed E-state index contributed by atoms with van der Waals surface area (Å²) in [6, 6.07) is 11.0. The molecule has 0 heterocycles. The fourth-order valence-electron chi connectivity index (χ4n) is 3.93. The Hall–Kier alpha value is -2.78. The van der Waals surface area contributed by atoms with Crippen LogP contribution in [-0.4, -0.2) is 20.9 Å². The van der Waals surface area contributed by atoms with Crippen molar-refractivity contribution in [2.45, 2.75) is 16.7 Å². The van der Waals surface area contributed by atoms with Crippen LogP contribution in [0.15, 0.2) is 54.6 Å². The molecule has 1 saturated carbocycles. The van der Waals surface area contributed by atoms with Crippen molar-refractivity contribution in [3.05, 3.63) is 103 Å². The molecular formula is C24H14Cl4F2N2O4. The van der Waals surface area contributed by atoms with Gasteiger partial charge in [-0.15, -0.1) is 23.2 Å². The van der Waals surface area contributed by atoms with Gasteiger partial charge in [-0.1, -0.05) is 29.3 Å². The van der Waals surface area contributed by atoms with E-state index >= 15 is 0 Å². The number of carbonyl (C=O) groups is 2. The Labute approximate surface area is 223 Å². The Morgan fingerprint density at radius 2 is 1.72 bits per heavy atom. The van der Waals surface area contributed by atoms with E-state index in [0.717, 1.165) is 24.3 Å². The van der Waals surface area contributed by atoms with Gasteiger partial charge in [-0.05, 0) is 48.0 Å². The van der Waals surface area contributed by atoms with E-state index in [-0.39, 0.29) is 26.9 Å². The number of hydrogen-bond donors (Lipinski definition) is 1. The van der Waals surface area contributed by atoms with E-state index in [1.807, 2.05) is 0 Å². The third kappa shape index (κ3) is 5.18. The van der Waals surface area contributed by atoms with Crippen molar-refractivity contribution in [2.75, 3.05) is 5.32 Å². The second kappa shape index (κ2) is 9.94. The molecule has 2 atom stereocenters. The third-order valence-electron chi connectivity index (χ3n) is 5.77. The molecule has 6 nitrogen and oxygen atoms in total. The lowest BCUT2D eigenvalue weighted by molar-refractivity contribution is -0.385. The van der Waals surface area contributed by atoms with E-state index in [2.05, 4.69) is 5.32 Å². The van der Waals surface area contributed by atoms with Crippen LogP contribution in [0.25, 0.3) is 0 Å². The van der Waals surface area contributed by atoms with Crippen LogP contribution in [-0.2, 0) is 11.2 Å². The first-order valence-corrected chi connectivity index (χ1v) is 11.8. The van der Waals surface area contributed by atoms with Crippen molar-refractivity contribution < 1.29 is 23.3 Å². The number of nitrogens with zero attached hydrogens (tertiary/aromatic N) is 1. The molecule has 1 amide bonds. The fourth-order valence-corrected chi connectivity index (χ4v) is 5.17. The van der Waals surface area contributed by atoms with E-state index in [1.165, 1.54) is 30.3 Å². The molecule has 4 rings (SSSR count). The zero-order valence-electron chi connectivity index (χ0n) is 17.9. The molecule has 1 aliphatic rings. The van der Waals surface area contributed by atoms with Crippen LogP contribution >= 0.6 is 46.4 Å². The van der Waals surface area contributed by atoms with E-state index in [0.29, 0.717) is 5.56 Å². The number of anilines is 1. The summed E-state index contributed by atoms with van der Waals surface area (Å²) in [6.07, 6.45) is -0.420. The molecule has 3 aromatic carbocycles. The smallest absolute Gasteiger partial charge is 0.275 e. The number of benzene rings is 3. The maximum absolute atomic E-state index is 13.5. The highest BCUT2D eigenvalue weighted by Gasteiger charge is 2.67. The summed E-state index contributed by atoms with van der Waals surface area (Å²) in [5.41, 5.74) is 0.149. The molecular weight excluding hydrogens is 560 g/mol. The summed E-state index contributed by atoms with van der Waals surface area (Å²) in [5.74, 6) is -4.11. The number of carbonyl (C=O) groups excluding carboxylic acids is 2. The van der Waals surface area contributed by atoms with Gasteiger partial charge >= 0.3 is 0 Å². The summed E-state index contributed by atoms with van der Waals surface area (Å²) in [6.45, 7) is 0. The van der Waals surface area contributed by atoms with Gasteiger partial charge in [-0.3, -0.25) is 19.7 Å². The molecule has 0 unspecified atom stereocenters. The second-order valence-electron chi connectivity index (χ2n) is 8.12. The average Bonchev–Trinajstić information content (AvgIpc) is 3.39. The number of nitro groups is 1. The maximum atomic E-state index is 13.5. The Bertz CT molecular complexity index is 1420. The summed E-state index contributed by atoms with van der Waals surface area (Å²) < 4.78 is 25.5. The lowest BCUT2D eigenvalue weighted by Crippen LogP contribution is -2.17. The number of rotatable bonds is 7. The van der Waals surface area contributed by atoms with Crippen LogP contribution in [0, 0.1) is 27.7 Å². The largest absolute Gasteiger partial charge is 0.326 e. The maximum Gasteiger partial charge on any atom is 0.275 e. The van der Waals surface area contributed by atoms with Crippen molar-refractivity contribution in [1.29, 1.82) is 0 Å². The summed E-state index contributed by atoms with van der Waals surface area (Å²) in [4.78, 5) is 36.2. The number of halogens is 6. The molecule has 0 aliphatic heterocycles. The molecule has 3 aromatic rings. The minimum absolute atomic E-state index is 0.00440. The molecule has 0 aromatic heterocycles. The van der Waals surface area contributed by atoms with E-state index in [1.54, 1.807) is 0 Å². The van der Waals surface area contributed by atoms with Gasteiger partial charge in [-0.25, -0.2) is 8.78 Å². The Morgan fingerprint density at radius 1 is 1.00 bits per heavy atom. The van der Waals surface area contributed by atoms with Crippen molar-refractivity contribution in [3.8, 4) is 0 Å². The first-order valence-electron chi connectivity index (χ1n) is 10.3. The van der Waals surface area contributed by atoms with Crippen LogP contribution in [0.5, 0.6) is 0 Å². The molecule has 0 bridgehead atoms. The van der Waals surface area contributed by atoms with Crippen LogP contribution < -0.4 is 5.32 Å². The van der Waals surface area contributed by atoms with E-state index in [4.69, 9.17) is 46.4 Å². The van der Waals surface area contributed by atoms with Gasteiger partial charge in [0.15, 0.2) is 5.78 Å². The van der Waals surface area contributed by atoms with Gasteiger partial charge in [0.25, 0.3) is 5.69 Å². The van der Waals surface area contributed by atoms with Gasteiger partial charge in [0.2, 0.25) is 5.91 Å². The number of nitro benzene ring substituents is 1. The number of hydrogen-bond acceptors (Lipinski definition) is 4. The average molecular weight is 574 g/mol. The Morgan fingerprint density at radius 3 is 2.39 bits per heavy atom. The van der Waals surface area contributed by atoms with Crippen LogP contribution in [0.3, 0.4) is 0 Å². The van der Waals surface area contributed by atoms with Crippen molar-refractivity contribution in [2.24, 2.45) is 5.92 Å². The number of Topliss-reactive ketones (excluding diaryl/α,β-unsaturated/α-hetero) is 1. The van der Waals surface area contributed by atoms with Gasteiger partial charge in [0, 0.05) is 29.2 Å². The van der Waals surface area contributed by atoms with Crippen LogP contribution in [0.1, 0.15) is 27.4 Å². The molecule has 1 aliphatic carbocycles. The van der Waals surface area contributed by atoms with Gasteiger partial charge in [-0.2, -0.15) is 0 Å². The second-order valence-corrected chi connectivity index (χ2v) is 10.4. The van der Waals surface area contributed by atoms with Gasteiger partial charge in [0.1, 0.15) is 16.0 Å². The Balaban J connectivity index is 1.53. The van der Waals surface area contributed by atoms with Crippen molar-refractivity contribution >= 4 is 69.5 Å². The lowest BCUT2D eigenvalue weighted by atomic mass is 10.0. The van der Waals surface area contributed by atoms with Gasteiger partial charge < -0.3 is 5.32 Å². The van der Waals surface area contributed by atoms with E-state index in [9.17, 15) is 28.5 Å². The number of alkyl halides is 2. The van der Waals surface area contributed by atoms with Crippen LogP contribution in [0.4, 0.5) is 20.2 Å². The van der Waals surface area contributed by atoms with Crippen LogP contribution in [0.2, 0.25) is 10.0 Å². The topological polar surface area (TPSA) is 89.3 Å². The standard InChI is InChI=1S/C24H14Cl4F2N2O4/c25-16-5-4-14(10-15(16)20(33)8-11-1-3-13(29)9-19(11)32(35)36)31-23(34)22-21(24(22,27)28)12-2-6-18(30)17(26)7-12/h1-7,9-10,21-22H,8H2,(H,31,34)/t21-,22+/m0/s1. The first-order chi connectivity index (χ1) is 16.9. The quantitative estimate of drug-likeness (QED) is 0.141. The highest BCUT2D eigenvalue weighted by Crippen LogP contribution is 2.65. The monoisotopic (exact) mass is 572 g/mol. The molecule has 0 spiro atoms. The SMILES string of the molecule is O=C(Cc1ccc(F)cc1[N+](=O)[O-])c1cc(NC(=O)[C@H]2[C@H](c3ccc(F)c(Cl)c3)C2(Cl)Cl)ccc1Cl. The summed E-state index contributed by atoms with van der Waals surface area (Å²) in [5, 5.41) is 13.8. The third-order valence-corrected chi connectivity index (χ3v) is 7.33. The molecule has 0 radical (unpaired) electrons. The summed E-state index contributed by atoms with van der Waals surface area (Å²) in [7, 11) is 0. The molecule has 0 saturated heterocycles. The number of ketones is 1. The van der Waals surface area contributed by atoms with Crippen molar-refractivity contribution in [3.63, 3.8) is 0 Å². The minimum atomic E-state index is -1.46. The van der Waals surface area contributed by atoms with Crippen molar-refractivity contribution in [1.82, 2.24) is 0 Å². The lowest BCUT2D eigenvalue weighted by Gasteiger charge is -2.10. The highest BCUT2D eigenvalue weighted by molar-refractivity contribution is 6.53. The Kier molecular flexibility index (Phi) is 7.26. The molecule has 1 fully saturated rings. The number of amides is 1. The predicted octanol–water partition coefficient (Wildman–Crippen LogP) is 7.13. The predicted molar refractivity (Wildman–Crippen MR) is 133 cm³/mol. The van der Waals surface area contributed by atoms with E-state index < -0.39 is 56.5 Å². The molecule has 12 heteroatoms. The van der Waals surface area contributed by atoms with Gasteiger partial charge in [0.05, 0.1) is 27.0 Å². The fraction of sp³-hybridized carbons (Fsp3) is 0.167. The molecule has 1 N–H and O–H groups in total. The summed E-state index contributed by atoms with van der Waals surface area (Å²) >= 11 is 24.6. The zero-order valence-corrected chi connectivity index (χ0v) is 20.9.